The maximum atomic E-state index is 13.2. The predicted octanol–water partition coefficient (Wildman–Crippen LogP) is 4.92. The van der Waals surface area contributed by atoms with Crippen LogP contribution in [0.15, 0.2) is 76.8 Å². The van der Waals surface area contributed by atoms with Crippen LogP contribution in [0.5, 0.6) is 0 Å². The molecule has 140 valence electrons. The number of halogens is 2. The molecule has 0 aliphatic heterocycles. The molecule has 2 aromatic heterocycles. The molecule has 0 spiro atoms. The zero-order chi connectivity index (χ0) is 19.5. The van der Waals surface area contributed by atoms with Crippen LogP contribution in [0.1, 0.15) is 11.1 Å². The number of nitrogens with zero attached hydrogens (tertiary/aromatic N) is 3. The number of aromatic nitrogens is 3. The first kappa shape index (κ1) is 18.7. The fourth-order valence-electron chi connectivity index (χ4n) is 2.82. The van der Waals surface area contributed by atoms with Crippen LogP contribution in [0.2, 0.25) is 5.02 Å². The minimum atomic E-state index is -0.315. The topological polar surface area (TPSA) is 47.8 Å². The van der Waals surface area contributed by atoms with Gasteiger partial charge < -0.3 is 0 Å². The largest absolute Gasteiger partial charge is 0.282 e. The Labute approximate surface area is 170 Å². The van der Waals surface area contributed by atoms with Crippen molar-refractivity contribution < 1.29 is 4.39 Å². The fourth-order valence-corrected chi connectivity index (χ4v) is 4.09. The highest BCUT2D eigenvalue weighted by Crippen LogP contribution is 2.26. The zero-order valence-corrected chi connectivity index (χ0v) is 16.3. The third-order valence-corrected chi connectivity index (χ3v) is 5.66. The van der Waals surface area contributed by atoms with Gasteiger partial charge in [0.25, 0.3) is 5.56 Å². The number of hydrogen-bond acceptors (Lipinski definition) is 4. The van der Waals surface area contributed by atoms with Crippen molar-refractivity contribution in [1.29, 1.82) is 0 Å². The van der Waals surface area contributed by atoms with Gasteiger partial charge in [0, 0.05) is 17.0 Å². The second-order valence-electron chi connectivity index (χ2n) is 6.17. The summed E-state index contributed by atoms with van der Waals surface area (Å²) in [6.07, 6.45) is 1.61. The van der Waals surface area contributed by atoms with E-state index in [1.54, 1.807) is 35.0 Å². The molecular formula is C21H15ClFN3OS. The Morgan fingerprint density at radius 2 is 1.82 bits per heavy atom. The average molecular weight is 412 g/mol. The van der Waals surface area contributed by atoms with Crippen LogP contribution in [-0.2, 0) is 12.3 Å². The van der Waals surface area contributed by atoms with E-state index in [-0.39, 0.29) is 11.4 Å². The van der Waals surface area contributed by atoms with Gasteiger partial charge in [0.15, 0.2) is 10.8 Å². The zero-order valence-electron chi connectivity index (χ0n) is 14.7. The molecule has 28 heavy (non-hydrogen) atoms. The number of benzene rings is 2. The molecule has 0 saturated heterocycles. The maximum Gasteiger partial charge on any atom is 0.263 e. The highest BCUT2D eigenvalue weighted by atomic mass is 35.5. The first-order valence-electron chi connectivity index (χ1n) is 8.58. The van der Waals surface area contributed by atoms with Gasteiger partial charge in [-0.2, -0.15) is 0 Å². The highest BCUT2D eigenvalue weighted by molar-refractivity contribution is 7.98. The van der Waals surface area contributed by atoms with E-state index in [1.165, 1.54) is 23.9 Å². The third-order valence-electron chi connectivity index (χ3n) is 4.26. The lowest BCUT2D eigenvalue weighted by molar-refractivity contribution is 0.622. The molecule has 4 nitrogen and oxygen atoms in total. The van der Waals surface area contributed by atoms with Crippen LogP contribution in [0, 0.1) is 5.82 Å². The molecule has 0 fully saturated rings. The second-order valence-corrected chi connectivity index (χ2v) is 7.52. The molecule has 4 aromatic rings. The average Bonchev–Trinajstić information content (AvgIpc) is 2.71. The first-order chi connectivity index (χ1) is 13.6. The van der Waals surface area contributed by atoms with Crippen LogP contribution in [0.3, 0.4) is 0 Å². The summed E-state index contributed by atoms with van der Waals surface area (Å²) in [5.41, 5.74) is 2.00. The SMILES string of the molecule is O=c1c2cccnc2nc(SCc2ccccc2Cl)n1Cc1ccc(F)cc1. The molecule has 0 N–H and O–H groups in total. The van der Waals surface area contributed by atoms with Gasteiger partial charge in [0.05, 0.1) is 11.9 Å². The van der Waals surface area contributed by atoms with Crippen molar-refractivity contribution in [2.45, 2.75) is 17.5 Å². The van der Waals surface area contributed by atoms with Gasteiger partial charge in [0.2, 0.25) is 0 Å². The van der Waals surface area contributed by atoms with E-state index in [0.717, 1.165) is 11.1 Å². The van der Waals surface area contributed by atoms with E-state index in [1.807, 2.05) is 24.3 Å². The van der Waals surface area contributed by atoms with Crippen molar-refractivity contribution in [2.24, 2.45) is 0 Å². The van der Waals surface area contributed by atoms with Crippen LogP contribution < -0.4 is 5.56 Å². The van der Waals surface area contributed by atoms with E-state index in [2.05, 4.69) is 9.97 Å². The van der Waals surface area contributed by atoms with Gasteiger partial charge in [-0.3, -0.25) is 9.36 Å². The van der Waals surface area contributed by atoms with Gasteiger partial charge in [-0.15, -0.1) is 0 Å². The Hall–Kier alpha value is -2.70. The first-order valence-corrected chi connectivity index (χ1v) is 9.94. The summed E-state index contributed by atoms with van der Waals surface area (Å²) in [5.74, 6) is 0.249. The molecule has 0 aliphatic carbocycles. The molecule has 0 amide bonds. The number of thioether (sulfide) groups is 1. The minimum absolute atomic E-state index is 0.177. The van der Waals surface area contributed by atoms with Crippen molar-refractivity contribution in [1.82, 2.24) is 14.5 Å². The summed E-state index contributed by atoms with van der Waals surface area (Å²) in [7, 11) is 0. The van der Waals surface area contributed by atoms with Gasteiger partial charge in [-0.1, -0.05) is 53.7 Å². The molecule has 0 radical (unpaired) electrons. The van der Waals surface area contributed by atoms with E-state index in [4.69, 9.17) is 11.6 Å². The quantitative estimate of drug-likeness (QED) is 0.345. The Balaban J connectivity index is 1.75. The molecule has 4 rings (SSSR count). The van der Waals surface area contributed by atoms with Crippen molar-refractivity contribution in [3.05, 3.63) is 99.2 Å². The van der Waals surface area contributed by atoms with Gasteiger partial charge in [-0.05, 0) is 41.5 Å². The Morgan fingerprint density at radius 1 is 1.04 bits per heavy atom. The number of hydrogen-bond donors (Lipinski definition) is 0. The number of rotatable bonds is 5. The monoisotopic (exact) mass is 411 g/mol. The Bertz CT molecular complexity index is 1190. The van der Waals surface area contributed by atoms with E-state index in [9.17, 15) is 9.18 Å². The van der Waals surface area contributed by atoms with Crippen molar-refractivity contribution in [3.63, 3.8) is 0 Å². The lowest BCUT2D eigenvalue weighted by Crippen LogP contribution is -2.24. The molecule has 2 heterocycles. The van der Waals surface area contributed by atoms with Crippen LogP contribution in [0.4, 0.5) is 4.39 Å². The lowest BCUT2D eigenvalue weighted by atomic mass is 10.2. The molecule has 0 bridgehead atoms. The van der Waals surface area contributed by atoms with E-state index in [0.29, 0.717) is 33.5 Å². The lowest BCUT2D eigenvalue weighted by Gasteiger charge is -2.13. The van der Waals surface area contributed by atoms with Gasteiger partial charge in [-0.25, -0.2) is 14.4 Å². The normalized spacial score (nSPS) is 11.1. The summed E-state index contributed by atoms with van der Waals surface area (Å²) in [6, 6.07) is 17.1. The summed E-state index contributed by atoms with van der Waals surface area (Å²) in [6.45, 7) is 0.293. The summed E-state index contributed by atoms with van der Waals surface area (Å²) in [5, 5.41) is 1.66. The standard InChI is InChI=1S/C21H15ClFN3OS/c22-18-6-2-1-4-15(18)13-28-21-25-19-17(5-3-11-24-19)20(27)26(21)12-14-7-9-16(23)10-8-14/h1-11H,12-13H2. The fraction of sp³-hybridized carbons (Fsp3) is 0.0952. The van der Waals surface area contributed by atoms with E-state index < -0.39 is 0 Å². The minimum Gasteiger partial charge on any atom is -0.282 e. The van der Waals surface area contributed by atoms with Crippen LogP contribution in [0.25, 0.3) is 11.0 Å². The van der Waals surface area contributed by atoms with Gasteiger partial charge in [0.1, 0.15) is 5.82 Å². The predicted molar refractivity (Wildman–Crippen MR) is 110 cm³/mol. The molecule has 7 heteroatoms. The Morgan fingerprint density at radius 3 is 2.61 bits per heavy atom. The van der Waals surface area contributed by atoms with Gasteiger partial charge >= 0.3 is 0 Å². The third kappa shape index (κ3) is 3.93. The summed E-state index contributed by atoms with van der Waals surface area (Å²) in [4.78, 5) is 21.9. The Kier molecular flexibility index (Phi) is 5.41. The van der Waals surface area contributed by atoms with Crippen molar-refractivity contribution in [3.8, 4) is 0 Å². The second kappa shape index (κ2) is 8.12. The number of pyridine rings is 1. The molecule has 0 unspecified atom stereocenters. The van der Waals surface area contributed by atoms with Crippen molar-refractivity contribution in [2.75, 3.05) is 0 Å². The molecular weight excluding hydrogens is 397 g/mol. The smallest absolute Gasteiger partial charge is 0.263 e. The molecule has 0 saturated carbocycles. The van der Waals surface area contributed by atoms with Crippen LogP contribution >= 0.6 is 23.4 Å². The molecule has 0 aliphatic rings. The molecule has 2 aromatic carbocycles. The maximum absolute atomic E-state index is 13.2. The number of fused-ring (bicyclic) bond motifs is 1. The van der Waals surface area contributed by atoms with E-state index >= 15 is 0 Å². The van der Waals surface area contributed by atoms with Crippen LogP contribution in [-0.4, -0.2) is 14.5 Å². The summed E-state index contributed by atoms with van der Waals surface area (Å²) < 4.78 is 14.8. The molecule has 0 atom stereocenters. The highest BCUT2D eigenvalue weighted by Gasteiger charge is 2.13. The summed E-state index contributed by atoms with van der Waals surface area (Å²) >= 11 is 7.67. The van der Waals surface area contributed by atoms with Crippen molar-refractivity contribution >= 4 is 34.4 Å².